The molecule has 7 heteroatoms. The lowest BCUT2D eigenvalue weighted by Crippen LogP contribution is -2.46. The van der Waals surface area contributed by atoms with Gasteiger partial charge in [-0.05, 0) is 23.6 Å². The second-order valence-corrected chi connectivity index (χ2v) is 7.51. The highest BCUT2D eigenvalue weighted by Crippen LogP contribution is 2.23. The smallest absolute Gasteiger partial charge is 0.285 e. The molecule has 0 bridgehead atoms. The first-order valence-corrected chi connectivity index (χ1v) is 9.86. The first-order valence-electron chi connectivity index (χ1n) is 9.49. The molecular weight excluding hydrogens is 364 g/mol. The van der Waals surface area contributed by atoms with E-state index < -0.39 is 0 Å². The number of nitrogens with one attached hydrogen (secondary N) is 1. The fourth-order valence-corrected chi connectivity index (χ4v) is 3.30. The molecular formula is C20H27ClN4O2. The highest BCUT2D eigenvalue weighted by Gasteiger charge is 2.20. The number of nitrogens with zero attached hydrogens (tertiary/aromatic N) is 3. The van der Waals surface area contributed by atoms with Gasteiger partial charge in [0.1, 0.15) is 10.8 Å². The third-order valence-electron chi connectivity index (χ3n) is 5.03. The molecule has 2 aromatic rings. The van der Waals surface area contributed by atoms with Gasteiger partial charge in [0.2, 0.25) is 0 Å². The van der Waals surface area contributed by atoms with Crippen molar-refractivity contribution in [1.29, 1.82) is 0 Å². The van der Waals surface area contributed by atoms with Gasteiger partial charge in [0.05, 0.1) is 18.5 Å². The zero-order valence-electron chi connectivity index (χ0n) is 15.9. The molecule has 1 atom stereocenters. The number of hydrogen-bond acceptors (Lipinski definition) is 5. The van der Waals surface area contributed by atoms with Crippen LogP contribution in [0.1, 0.15) is 25.8 Å². The van der Waals surface area contributed by atoms with E-state index in [-0.39, 0.29) is 10.6 Å². The Morgan fingerprint density at radius 2 is 2.07 bits per heavy atom. The van der Waals surface area contributed by atoms with Crippen LogP contribution in [0.4, 0.5) is 5.69 Å². The van der Waals surface area contributed by atoms with Crippen LogP contribution in [-0.4, -0.2) is 47.9 Å². The molecule has 0 radical (unpaired) electrons. The third kappa shape index (κ3) is 5.23. The molecule has 3 rings (SSSR count). The summed E-state index contributed by atoms with van der Waals surface area (Å²) in [5, 5.41) is 6.43. The molecule has 1 aliphatic rings. The zero-order valence-corrected chi connectivity index (χ0v) is 16.7. The molecule has 1 saturated heterocycles. The Balaban J connectivity index is 1.55. The first-order chi connectivity index (χ1) is 13.1. The Morgan fingerprint density at radius 1 is 1.30 bits per heavy atom. The van der Waals surface area contributed by atoms with Crippen molar-refractivity contribution in [2.75, 3.05) is 37.7 Å². The lowest BCUT2D eigenvalue weighted by Gasteiger charge is -2.36. The largest absolute Gasteiger partial charge is 0.493 e. The van der Waals surface area contributed by atoms with Crippen LogP contribution in [0.2, 0.25) is 5.02 Å². The third-order valence-corrected chi connectivity index (χ3v) is 5.39. The number of halogens is 1. The van der Waals surface area contributed by atoms with E-state index in [9.17, 15) is 4.79 Å². The Labute approximate surface area is 165 Å². The summed E-state index contributed by atoms with van der Waals surface area (Å²) in [6, 6.07) is 8.34. The fraction of sp³-hybridized carbons (Fsp3) is 0.500. The van der Waals surface area contributed by atoms with Crippen molar-refractivity contribution in [1.82, 2.24) is 15.1 Å². The van der Waals surface area contributed by atoms with E-state index in [1.165, 1.54) is 5.56 Å². The highest BCUT2D eigenvalue weighted by atomic mass is 35.5. The lowest BCUT2D eigenvalue weighted by molar-refractivity contribution is 0.245. The average molecular weight is 391 g/mol. The Kier molecular flexibility index (Phi) is 6.74. The van der Waals surface area contributed by atoms with Crippen LogP contribution >= 0.6 is 11.6 Å². The maximum absolute atomic E-state index is 11.6. The van der Waals surface area contributed by atoms with Crippen LogP contribution < -0.4 is 15.2 Å². The van der Waals surface area contributed by atoms with Crippen molar-refractivity contribution >= 4 is 17.3 Å². The number of ether oxygens (including phenoxy) is 1. The van der Waals surface area contributed by atoms with Crippen LogP contribution in [0.5, 0.6) is 5.75 Å². The number of aromatic nitrogens is 2. The summed E-state index contributed by atoms with van der Waals surface area (Å²) in [7, 11) is 0. The van der Waals surface area contributed by atoms with Crippen LogP contribution in [0.25, 0.3) is 0 Å². The van der Waals surface area contributed by atoms with E-state index in [4.69, 9.17) is 16.3 Å². The Morgan fingerprint density at radius 3 is 2.81 bits per heavy atom. The molecule has 0 saturated carbocycles. The minimum absolute atomic E-state index is 0.213. The molecule has 0 amide bonds. The molecule has 0 spiro atoms. The van der Waals surface area contributed by atoms with Crippen molar-refractivity contribution in [2.45, 2.75) is 26.8 Å². The van der Waals surface area contributed by atoms with Gasteiger partial charge in [-0.2, -0.15) is 5.10 Å². The topological polar surface area (TPSA) is 61.5 Å². The molecule has 1 aliphatic heterocycles. The van der Waals surface area contributed by atoms with Crippen molar-refractivity contribution in [3.8, 4) is 5.75 Å². The van der Waals surface area contributed by atoms with E-state index in [0.717, 1.165) is 51.5 Å². The number of rotatable bonds is 7. The van der Waals surface area contributed by atoms with E-state index in [1.807, 2.05) is 6.07 Å². The molecule has 0 unspecified atom stereocenters. The summed E-state index contributed by atoms with van der Waals surface area (Å²) in [6.07, 6.45) is 2.74. The second-order valence-electron chi connectivity index (χ2n) is 7.13. The van der Waals surface area contributed by atoms with Crippen molar-refractivity contribution in [3.63, 3.8) is 0 Å². The van der Waals surface area contributed by atoms with E-state index >= 15 is 0 Å². The average Bonchev–Trinajstić information content (AvgIpc) is 2.69. The molecule has 6 nitrogen and oxygen atoms in total. The van der Waals surface area contributed by atoms with Gasteiger partial charge in [-0.3, -0.25) is 9.69 Å². The molecule has 1 N–H and O–H groups in total. The van der Waals surface area contributed by atoms with Crippen LogP contribution in [-0.2, 0) is 6.54 Å². The number of H-pyrrole nitrogens is 1. The standard InChI is InChI=1S/C20H27ClN4O2/c1-3-15(2)14-27-17-6-4-5-16(11-17)13-24-7-9-25(10-8-24)18-12-22-23-20(26)19(18)21/h4-6,11-12,15H,3,7-10,13-14H2,1-2H3,(H,23,26)/t15-/m1/s1. The van der Waals surface area contributed by atoms with Crippen molar-refractivity contribution in [3.05, 3.63) is 51.4 Å². The number of piperazine rings is 1. The summed E-state index contributed by atoms with van der Waals surface area (Å²) in [5.74, 6) is 1.50. The minimum Gasteiger partial charge on any atom is -0.493 e. The fourth-order valence-electron chi connectivity index (χ4n) is 3.09. The monoisotopic (exact) mass is 390 g/mol. The van der Waals surface area contributed by atoms with E-state index in [0.29, 0.717) is 11.6 Å². The molecule has 146 valence electrons. The van der Waals surface area contributed by atoms with Gasteiger partial charge >= 0.3 is 0 Å². The minimum atomic E-state index is -0.342. The van der Waals surface area contributed by atoms with E-state index in [1.54, 1.807) is 6.20 Å². The van der Waals surface area contributed by atoms with Gasteiger partial charge in [-0.25, -0.2) is 5.10 Å². The number of anilines is 1. The van der Waals surface area contributed by atoms with Gasteiger partial charge in [-0.1, -0.05) is 44.0 Å². The zero-order chi connectivity index (χ0) is 19.2. The normalized spacial score (nSPS) is 16.3. The molecule has 1 aromatic carbocycles. The first kappa shape index (κ1) is 19.7. The molecule has 1 aromatic heterocycles. The number of benzene rings is 1. The predicted octanol–water partition coefficient (Wildman–Crippen LogP) is 3.17. The molecule has 0 aliphatic carbocycles. The van der Waals surface area contributed by atoms with Crippen LogP contribution in [0.15, 0.2) is 35.3 Å². The second kappa shape index (κ2) is 9.24. The summed E-state index contributed by atoms with van der Waals surface area (Å²) >= 11 is 6.12. The van der Waals surface area contributed by atoms with Crippen molar-refractivity contribution < 1.29 is 4.74 Å². The van der Waals surface area contributed by atoms with Crippen LogP contribution in [0.3, 0.4) is 0 Å². The molecule has 27 heavy (non-hydrogen) atoms. The Hall–Kier alpha value is -2.05. The summed E-state index contributed by atoms with van der Waals surface area (Å²) in [4.78, 5) is 16.2. The van der Waals surface area contributed by atoms with Gasteiger partial charge < -0.3 is 9.64 Å². The van der Waals surface area contributed by atoms with Gasteiger partial charge in [0.15, 0.2) is 0 Å². The maximum Gasteiger partial charge on any atom is 0.285 e. The van der Waals surface area contributed by atoms with Gasteiger partial charge in [0, 0.05) is 32.7 Å². The maximum atomic E-state index is 11.6. The summed E-state index contributed by atoms with van der Waals surface area (Å²) < 4.78 is 5.91. The molecule has 2 heterocycles. The number of hydrogen-bond donors (Lipinski definition) is 1. The van der Waals surface area contributed by atoms with Crippen molar-refractivity contribution in [2.24, 2.45) is 5.92 Å². The SMILES string of the molecule is CC[C@@H](C)COc1cccc(CN2CCN(c3cn[nH]c(=O)c3Cl)CC2)c1. The van der Waals surface area contributed by atoms with Gasteiger partial charge in [-0.15, -0.1) is 0 Å². The van der Waals surface area contributed by atoms with Gasteiger partial charge in [0.25, 0.3) is 5.56 Å². The van der Waals surface area contributed by atoms with Crippen LogP contribution in [0, 0.1) is 5.92 Å². The van der Waals surface area contributed by atoms with E-state index in [2.05, 4.69) is 52.0 Å². The lowest BCUT2D eigenvalue weighted by atomic mass is 10.1. The Bertz CT molecular complexity index is 803. The summed E-state index contributed by atoms with van der Waals surface area (Å²) in [6.45, 7) is 9.45. The predicted molar refractivity (Wildman–Crippen MR) is 109 cm³/mol. The summed E-state index contributed by atoms with van der Waals surface area (Å²) in [5.41, 5.74) is 1.62. The number of aromatic amines is 1. The molecule has 1 fully saturated rings. The highest BCUT2D eigenvalue weighted by molar-refractivity contribution is 6.32. The quantitative estimate of drug-likeness (QED) is 0.786.